The molecule has 7 heteroatoms. The van der Waals surface area contributed by atoms with Crippen molar-refractivity contribution in [3.63, 3.8) is 0 Å². The van der Waals surface area contributed by atoms with Gasteiger partial charge in [-0.2, -0.15) is 0 Å². The monoisotopic (exact) mass is 416 g/mol. The number of cyclic esters (lactones) is 1. The lowest BCUT2D eigenvalue weighted by Gasteiger charge is -2.19. The minimum absolute atomic E-state index is 0.215. The molecule has 30 heavy (non-hydrogen) atoms. The number of allylic oxidation sites excluding steroid dienone is 2. The average molecular weight is 417 g/mol. The number of methoxy groups -OCH3 is 1. The molecule has 164 valence electrons. The third-order valence-electron chi connectivity index (χ3n) is 6.28. The third-order valence-corrected chi connectivity index (χ3v) is 6.28. The van der Waals surface area contributed by atoms with Crippen LogP contribution < -0.4 is 10.5 Å². The van der Waals surface area contributed by atoms with E-state index in [1.54, 1.807) is 7.11 Å². The Morgan fingerprint density at radius 3 is 2.70 bits per heavy atom. The normalized spacial score (nSPS) is 17.7. The number of carboxylic acid groups (broad SMARTS) is 1. The molecule has 0 amide bonds. The number of fused-ring (bicyclic) bond motifs is 1. The molecule has 1 aromatic carbocycles. The van der Waals surface area contributed by atoms with Gasteiger partial charge in [-0.25, -0.2) is 4.79 Å². The van der Waals surface area contributed by atoms with Crippen molar-refractivity contribution >= 4 is 17.6 Å². The first-order chi connectivity index (χ1) is 14.3. The number of benzene rings is 1. The molecule has 3 N–H and O–H groups in total. The molecule has 0 radical (unpaired) electrons. The summed E-state index contributed by atoms with van der Waals surface area (Å²) in [5.41, 5.74) is 10.5. The Morgan fingerprint density at radius 1 is 1.37 bits per heavy atom. The van der Waals surface area contributed by atoms with Crippen LogP contribution in [0.2, 0.25) is 0 Å². The molecule has 3 rings (SSSR count). The smallest absolute Gasteiger partial charge is 0.341 e. The predicted molar refractivity (Wildman–Crippen MR) is 115 cm³/mol. The fourth-order valence-corrected chi connectivity index (χ4v) is 4.49. The lowest BCUT2D eigenvalue weighted by atomic mass is 9.92. The highest BCUT2D eigenvalue weighted by Gasteiger charge is 2.30. The third kappa shape index (κ3) is 4.61. The van der Waals surface area contributed by atoms with Crippen molar-refractivity contribution in [2.75, 3.05) is 32.5 Å². The van der Waals surface area contributed by atoms with Crippen molar-refractivity contribution < 1.29 is 24.2 Å². The Bertz CT molecular complexity index is 856. The van der Waals surface area contributed by atoms with Crippen LogP contribution in [0.25, 0.3) is 0 Å². The molecule has 7 nitrogen and oxygen atoms in total. The number of aliphatic carboxylic acids is 1. The van der Waals surface area contributed by atoms with Gasteiger partial charge >= 0.3 is 11.9 Å². The number of esters is 1. The molecule has 0 spiro atoms. The van der Waals surface area contributed by atoms with Crippen LogP contribution in [0.4, 0.5) is 5.69 Å². The van der Waals surface area contributed by atoms with Crippen molar-refractivity contribution in [1.29, 1.82) is 0 Å². The first-order valence-electron chi connectivity index (χ1n) is 10.6. The van der Waals surface area contributed by atoms with Crippen molar-refractivity contribution in [3.05, 3.63) is 33.9 Å². The molecule has 0 aromatic heterocycles. The number of ether oxygens (including phenoxy) is 2. The summed E-state index contributed by atoms with van der Waals surface area (Å²) in [7, 11) is 1.59. The highest BCUT2D eigenvalue weighted by molar-refractivity contribution is 6.00. The van der Waals surface area contributed by atoms with Gasteiger partial charge in [0, 0.05) is 11.1 Å². The SMILES string of the molecule is COc1c(C)c2c(c(N)c1C/C=C(\C)CC(CCN1CCCC1)C(=O)O)C(=O)OC2. The second-order valence-corrected chi connectivity index (χ2v) is 8.31. The number of nitrogens with zero attached hydrogens (tertiary/aromatic N) is 1. The molecule has 0 aliphatic carbocycles. The minimum Gasteiger partial charge on any atom is -0.496 e. The van der Waals surface area contributed by atoms with E-state index in [0.29, 0.717) is 36.3 Å². The van der Waals surface area contributed by atoms with Gasteiger partial charge in [-0.05, 0) is 71.1 Å². The van der Waals surface area contributed by atoms with E-state index in [2.05, 4.69) is 4.90 Å². The summed E-state index contributed by atoms with van der Waals surface area (Å²) in [6.45, 7) is 7.03. The Morgan fingerprint density at radius 2 is 2.07 bits per heavy atom. The molecule has 2 heterocycles. The summed E-state index contributed by atoms with van der Waals surface area (Å²) in [5.74, 6) is -0.895. The number of carbonyl (C=O) groups is 2. The van der Waals surface area contributed by atoms with E-state index in [0.717, 1.165) is 41.9 Å². The van der Waals surface area contributed by atoms with Gasteiger partial charge < -0.3 is 25.2 Å². The molecule has 2 aliphatic rings. The minimum atomic E-state index is -0.754. The van der Waals surface area contributed by atoms with Gasteiger partial charge in [0.2, 0.25) is 0 Å². The van der Waals surface area contributed by atoms with Crippen LogP contribution in [-0.2, 0) is 22.6 Å². The summed E-state index contributed by atoms with van der Waals surface area (Å²) in [4.78, 5) is 26.2. The van der Waals surface area contributed by atoms with Crippen LogP contribution in [0, 0.1) is 12.8 Å². The second kappa shape index (κ2) is 9.51. The number of likely N-dealkylation sites (tertiary alicyclic amines) is 1. The molecular weight excluding hydrogens is 384 g/mol. The van der Waals surface area contributed by atoms with E-state index in [-0.39, 0.29) is 6.61 Å². The molecular formula is C23H32N2O5. The Kier molecular flexibility index (Phi) is 7.02. The predicted octanol–water partition coefficient (Wildman–Crippen LogP) is 3.32. The lowest BCUT2D eigenvalue weighted by Crippen LogP contribution is -2.25. The lowest BCUT2D eigenvalue weighted by molar-refractivity contribution is -0.142. The number of anilines is 1. The quantitative estimate of drug-likeness (QED) is 0.362. The molecule has 2 aliphatic heterocycles. The number of nitrogens with two attached hydrogens (primary N) is 1. The number of hydrogen-bond donors (Lipinski definition) is 2. The zero-order chi connectivity index (χ0) is 21.8. The van der Waals surface area contributed by atoms with Crippen molar-refractivity contribution in [2.24, 2.45) is 5.92 Å². The van der Waals surface area contributed by atoms with Gasteiger partial charge in [-0.1, -0.05) is 11.6 Å². The highest BCUT2D eigenvalue weighted by atomic mass is 16.5. The Balaban J connectivity index is 1.74. The summed E-state index contributed by atoms with van der Waals surface area (Å²) >= 11 is 0. The van der Waals surface area contributed by atoms with Gasteiger partial charge in [0.05, 0.1) is 24.3 Å². The van der Waals surface area contributed by atoms with Crippen LogP contribution in [0.15, 0.2) is 11.6 Å². The number of carboxylic acids is 1. The zero-order valence-electron chi connectivity index (χ0n) is 18.1. The molecule has 0 saturated carbocycles. The van der Waals surface area contributed by atoms with E-state index in [1.807, 2.05) is 19.9 Å². The van der Waals surface area contributed by atoms with E-state index in [4.69, 9.17) is 15.2 Å². The van der Waals surface area contributed by atoms with Crippen molar-refractivity contribution in [2.45, 2.75) is 52.6 Å². The molecule has 1 saturated heterocycles. The maximum atomic E-state index is 12.1. The van der Waals surface area contributed by atoms with E-state index in [9.17, 15) is 14.7 Å². The number of nitrogen functional groups attached to an aromatic ring is 1. The molecule has 0 bridgehead atoms. The van der Waals surface area contributed by atoms with Crippen LogP contribution >= 0.6 is 0 Å². The summed E-state index contributed by atoms with van der Waals surface area (Å²) in [6, 6.07) is 0. The maximum Gasteiger partial charge on any atom is 0.341 e. The summed E-state index contributed by atoms with van der Waals surface area (Å²) in [5, 5.41) is 9.64. The van der Waals surface area contributed by atoms with Crippen LogP contribution in [-0.4, -0.2) is 48.7 Å². The fraction of sp³-hybridized carbons (Fsp3) is 0.565. The largest absolute Gasteiger partial charge is 0.496 e. The molecule has 1 fully saturated rings. The first-order valence-corrected chi connectivity index (χ1v) is 10.6. The van der Waals surface area contributed by atoms with Crippen LogP contribution in [0.3, 0.4) is 0 Å². The standard InChI is InChI=1S/C23H32N2O5/c1-14(12-16(22(26)27)8-11-25-9-4-5-10-25)6-7-17-20(24)19-18(13-30-23(19)28)15(2)21(17)29-3/h6,16H,4-5,7-13,24H2,1-3H3,(H,26,27)/b14-6+. The van der Waals surface area contributed by atoms with Crippen molar-refractivity contribution in [3.8, 4) is 5.75 Å². The average Bonchev–Trinajstić information content (AvgIpc) is 3.36. The topological polar surface area (TPSA) is 102 Å². The zero-order valence-corrected chi connectivity index (χ0v) is 18.1. The first kappa shape index (κ1) is 22.2. The molecule has 1 atom stereocenters. The van der Waals surface area contributed by atoms with E-state index in [1.165, 1.54) is 12.8 Å². The van der Waals surface area contributed by atoms with Gasteiger partial charge in [0.15, 0.2) is 0 Å². The summed E-state index contributed by atoms with van der Waals surface area (Å²) < 4.78 is 10.7. The second-order valence-electron chi connectivity index (χ2n) is 8.31. The maximum absolute atomic E-state index is 12.1. The number of hydrogen-bond acceptors (Lipinski definition) is 6. The van der Waals surface area contributed by atoms with Crippen LogP contribution in [0.5, 0.6) is 5.75 Å². The fourth-order valence-electron chi connectivity index (χ4n) is 4.49. The Hall–Kier alpha value is -2.54. The summed E-state index contributed by atoms with van der Waals surface area (Å²) in [6.07, 6.45) is 6.02. The van der Waals surface area contributed by atoms with E-state index < -0.39 is 17.9 Å². The van der Waals surface area contributed by atoms with Gasteiger partial charge in [-0.3, -0.25) is 4.79 Å². The molecule has 1 aromatic rings. The number of carbonyl (C=O) groups excluding carboxylic acids is 1. The van der Waals surface area contributed by atoms with Gasteiger partial charge in [-0.15, -0.1) is 0 Å². The van der Waals surface area contributed by atoms with Crippen LogP contribution in [0.1, 0.15) is 59.7 Å². The van der Waals surface area contributed by atoms with Crippen molar-refractivity contribution in [1.82, 2.24) is 4.90 Å². The molecule has 1 unspecified atom stereocenters. The van der Waals surface area contributed by atoms with Gasteiger partial charge in [0.1, 0.15) is 12.4 Å². The van der Waals surface area contributed by atoms with Gasteiger partial charge in [0.25, 0.3) is 0 Å². The highest BCUT2D eigenvalue weighted by Crippen LogP contribution is 2.39. The Labute approximate surface area is 177 Å². The number of rotatable bonds is 9. The van der Waals surface area contributed by atoms with E-state index >= 15 is 0 Å².